The van der Waals surface area contributed by atoms with Gasteiger partial charge >= 0.3 is 0 Å². The van der Waals surface area contributed by atoms with Crippen LogP contribution in [0.5, 0.6) is 0 Å². The fourth-order valence-electron chi connectivity index (χ4n) is 1.45. The largest absolute Gasteiger partial charge is 0.390 e. The number of aliphatic hydroxyl groups is 1. The van der Waals surface area contributed by atoms with Crippen LogP contribution < -0.4 is 5.32 Å². The first-order valence-electron chi connectivity index (χ1n) is 5.31. The van der Waals surface area contributed by atoms with Gasteiger partial charge in [-0.15, -0.1) is 0 Å². The average Bonchev–Trinajstić information content (AvgIpc) is 2.88. The number of hydrogen-bond acceptors (Lipinski definition) is 5. The number of aliphatic hydroxyl groups excluding tert-OH is 1. The molecule has 8 heteroatoms. The zero-order chi connectivity index (χ0) is 13.8. The van der Waals surface area contributed by atoms with Crippen LogP contribution in [0.1, 0.15) is 17.0 Å². The maximum Gasteiger partial charge on any atom is 0.175 e. The molecule has 100 valence electrons. The first-order valence-corrected chi connectivity index (χ1v) is 6.10. The van der Waals surface area contributed by atoms with Gasteiger partial charge in [-0.3, -0.25) is 5.41 Å². The summed E-state index contributed by atoms with van der Waals surface area (Å²) in [6, 6.07) is 4.54. The Morgan fingerprint density at radius 1 is 1.47 bits per heavy atom. The highest BCUT2D eigenvalue weighted by atomic mass is 79.9. The summed E-state index contributed by atoms with van der Waals surface area (Å²) in [6.45, 7) is -0.268. The second kappa shape index (κ2) is 5.89. The highest BCUT2D eigenvalue weighted by Gasteiger charge is 2.14. The van der Waals surface area contributed by atoms with Crippen LogP contribution in [0, 0.1) is 11.2 Å². The van der Waals surface area contributed by atoms with Gasteiger partial charge in [0, 0.05) is 16.6 Å². The molecular formula is C11H10BrFN4O2. The molecule has 3 N–H and O–H groups in total. The molecule has 0 aliphatic heterocycles. The van der Waals surface area contributed by atoms with Crippen LogP contribution in [0.4, 0.5) is 4.39 Å². The van der Waals surface area contributed by atoms with Crippen LogP contribution >= 0.6 is 15.9 Å². The van der Waals surface area contributed by atoms with Crippen LogP contribution in [0.3, 0.4) is 0 Å². The number of amidine groups is 1. The Kier molecular flexibility index (Phi) is 4.23. The number of nitrogens with one attached hydrogen (secondary N) is 2. The summed E-state index contributed by atoms with van der Waals surface area (Å²) in [6.07, 6.45) is 0. The van der Waals surface area contributed by atoms with E-state index in [0.29, 0.717) is 5.56 Å². The van der Waals surface area contributed by atoms with Crippen LogP contribution in [-0.2, 0) is 13.2 Å². The Morgan fingerprint density at radius 3 is 3.00 bits per heavy atom. The molecule has 0 aliphatic carbocycles. The number of halogens is 2. The molecule has 0 fully saturated rings. The number of nitrogens with zero attached hydrogens (tertiary/aromatic N) is 2. The molecule has 2 rings (SSSR count). The predicted octanol–water partition coefficient (Wildman–Crippen LogP) is 1.58. The molecule has 0 saturated heterocycles. The normalized spacial score (nSPS) is 10.5. The van der Waals surface area contributed by atoms with E-state index >= 15 is 0 Å². The second-order valence-electron chi connectivity index (χ2n) is 3.68. The fraction of sp³-hybridized carbons (Fsp3) is 0.182. The molecule has 19 heavy (non-hydrogen) atoms. The van der Waals surface area contributed by atoms with E-state index in [0.717, 1.165) is 4.47 Å². The first kappa shape index (κ1) is 13.6. The van der Waals surface area contributed by atoms with Gasteiger partial charge in [0.05, 0.1) is 6.61 Å². The van der Waals surface area contributed by atoms with Gasteiger partial charge in [0.25, 0.3) is 0 Å². The number of rotatable bonds is 4. The fourth-order valence-corrected chi connectivity index (χ4v) is 1.85. The monoisotopic (exact) mass is 328 g/mol. The topological polar surface area (TPSA) is 95.0 Å². The van der Waals surface area contributed by atoms with Gasteiger partial charge in [-0.2, -0.15) is 0 Å². The molecule has 0 saturated carbocycles. The number of aromatic nitrogens is 2. The first-order chi connectivity index (χ1) is 9.11. The van der Waals surface area contributed by atoms with Crippen molar-refractivity contribution in [1.29, 1.82) is 5.41 Å². The lowest BCUT2D eigenvalue weighted by Gasteiger charge is -2.07. The van der Waals surface area contributed by atoms with Gasteiger partial charge in [0.1, 0.15) is 17.3 Å². The predicted molar refractivity (Wildman–Crippen MR) is 68.0 cm³/mol. The summed E-state index contributed by atoms with van der Waals surface area (Å²) in [4.78, 5) is 0. The standard InChI is InChI=1S/C11H10BrFN4O2/c12-7-1-2-8(13)6(3-7)4-15-11(14)10-9(5-18)16-19-17-10/h1-3,18H,4-5H2,(H2,14,15). The van der Waals surface area contributed by atoms with Gasteiger partial charge in [-0.25, -0.2) is 9.02 Å². The average molecular weight is 329 g/mol. The Balaban J connectivity index is 2.06. The highest BCUT2D eigenvalue weighted by Crippen LogP contribution is 2.15. The Labute approximate surface area is 116 Å². The van der Waals surface area contributed by atoms with Crippen LogP contribution in [0.15, 0.2) is 27.3 Å². The lowest BCUT2D eigenvalue weighted by molar-refractivity contribution is 0.254. The van der Waals surface area contributed by atoms with E-state index in [4.69, 9.17) is 10.5 Å². The third kappa shape index (κ3) is 3.15. The minimum atomic E-state index is -0.381. The van der Waals surface area contributed by atoms with Gasteiger partial charge in [0.15, 0.2) is 5.69 Å². The summed E-state index contributed by atoms with van der Waals surface area (Å²) in [7, 11) is 0. The maximum atomic E-state index is 13.5. The van der Waals surface area contributed by atoms with Gasteiger partial charge < -0.3 is 10.4 Å². The van der Waals surface area contributed by atoms with Crippen molar-refractivity contribution >= 4 is 21.8 Å². The second-order valence-corrected chi connectivity index (χ2v) is 4.60. The minimum Gasteiger partial charge on any atom is -0.390 e. The van der Waals surface area contributed by atoms with Crippen LogP contribution in [0.25, 0.3) is 0 Å². The summed E-state index contributed by atoms with van der Waals surface area (Å²) in [5, 5.41) is 26.4. The van der Waals surface area contributed by atoms with Crippen molar-refractivity contribution < 1.29 is 14.1 Å². The van der Waals surface area contributed by atoms with E-state index in [2.05, 4.69) is 36.2 Å². The van der Waals surface area contributed by atoms with Crippen LogP contribution in [-0.4, -0.2) is 21.3 Å². The molecule has 0 aliphatic rings. The molecule has 1 aromatic heterocycles. The van der Waals surface area contributed by atoms with Crippen molar-refractivity contribution in [2.45, 2.75) is 13.2 Å². The molecule has 2 aromatic rings. The summed E-state index contributed by atoms with van der Waals surface area (Å²) >= 11 is 3.25. The molecule has 0 spiro atoms. The molecule has 0 unspecified atom stereocenters. The lowest BCUT2D eigenvalue weighted by Crippen LogP contribution is -2.24. The van der Waals surface area contributed by atoms with E-state index in [1.54, 1.807) is 12.1 Å². The zero-order valence-electron chi connectivity index (χ0n) is 9.65. The lowest BCUT2D eigenvalue weighted by atomic mass is 10.2. The van der Waals surface area contributed by atoms with Crippen molar-refractivity contribution in [3.05, 3.63) is 45.4 Å². The van der Waals surface area contributed by atoms with E-state index in [-0.39, 0.29) is 36.2 Å². The van der Waals surface area contributed by atoms with Crippen molar-refractivity contribution in [2.24, 2.45) is 0 Å². The molecular weight excluding hydrogens is 319 g/mol. The number of benzene rings is 1. The summed E-state index contributed by atoms with van der Waals surface area (Å²) in [5.74, 6) is -0.464. The number of hydrogen-bond donors (Lipinski definition) is 3. The third-order valence-corrected chi connectivity index (χ3v) is 2.90. The van der Waals surface area contributed by atoms with E-state index in [9.17, 15) is 4.39 Å². The molecule has 0 bridgehead atoms. The molecule has 1 heterocycles. The maximum absolute atomic E-state index is 13.5. The van der Waals surface area contributed by atoms with Gasteiger partial charge in [0.2, 0.25) is 0 Å². The molecule has 0 atom stereocenters. The Hall–Kier alpha value is -1.80. The zero-order valence-corrected chi connectivity index (χ0v) is 11.2. The smallest absolute Gasteiger partial charge is 0.175 e. The third-order valence-electron chi connectivity index (χ3n) is 2.41. The van der Waals surface area contributed by atoms with E-state index in [1.165, 1.54) is 6.07 Å². The minimum absolute atomic E-state index is 0.0929. The van der Waals surface area contributed by atoms with E-state index in [1.807, 2.05) is 0 Å². The van der Waals surface area contributed by atoms with Crippen molar-refractivity contribution in [2.75, 3.05) is 0 Å². The SMILES string of the molecule is N=C(NCc1cc(Br)ccc1F)c1nonc1CO. The highest BCUT2D eigenvalue weighted by molar-refractivity contribution is 9.10. The Bertz CT molecular complexity index is 602. The molecule has 6 nitrogen and oxygen atoms in total. The van der Waals surface area contributed by atoms with Gasteiger partial charge in [-0.05, 0) is 23.4 Å². The molecule has 1 aromatic carbocycles. The van der Waals surface area contributed by atoms with Gasteiger partial charge in [-0.1, -0.05) is 21.1 Å². The summed E-state index contributed by atoms with van der Waals surface area (Å²) in [5.41, 5.74) is 0.672. The van der Waals surface area contributed by atoms with Crippen molar-refractivity contribution in [1.82, 2.24) is 15.6 Å². The quantitative estimate of drug-likeness (QED) is 0.585. The van der Waals surface area contributed by atoms with Crippen LogP contribution in [0.2, 0.25) is 0 Å². The van der Waals surface area contributed by atoms with Crippen molar-refractivity contribution in [3.63, 3.8) is 0 Å². The summed E-state index contributed by atoms with van der Waals surface area (Å²) < 4.78 is 18.7. The molecule has 0 radical (unpaired) electrons. The molecule has 0 amide bonds. The van der Waals surface area contributed by atoms with Crippen molar-refractivity contribution in [3.8, 4) is 0 Å². The Morgan fingerprint density at radius 2 is 2.26 bits per heavy atom. The van der Waals surface area contributed by atoms with E-state index < -0.39 is 0 Å².